The second-order valence-electron chi connectivity index (χ2n) is 14.0. The van der Waals surface area contributed by atoms with Gasteiger partial charge in [0.25, 0.3) is 0 Å². The summed E-state index contributed by atoms with van der Waals surface area (Å²) in [5.74, 6) is 0. The van der Waals surface area contributed by atoms with Crippen molar-refractivity contribution < 1.29 is 4.42 Å². The quantitative estimate of drug-likeness (QED) is 0.170. The van der Waals surface area contributed by atoms with Gasteiger partial charge in [-0.3, -0.25) is 0 Å². The van der Waals surface area contributed by atoms with E-state index in [1.54, 1.807) is 0 Å². The fraction of sp³-hybridized carbons (Fsp3) is 0.0196. The predicted molar refractivity (Wildman–Crippen MR) is 224 cm³/mol. The van der Waals surface area contributed by atoms with Gasteiger partial charge in [-0.05, 0) is 80.4 Å². The number of para-hydroxylation sites is 1. The molecule has 1 aliphatic carbocycles. The van der Waals surface area contributed by atoms with E-state index in [0.717, 1.165) is 39.5 Å². The Bertz CT molecular complexity index is 3120. The molecule has 10 aromatic rings. The van der Waals surface area contributed by atoms with E-state index < -0.39 is 0 Å². The van der Waals surface area contributed by atoms with Gasteiger partial charge in [0.2, 0.25) is 0 Å². The highest BCUT2D eigenvalue weighted by molar-refractivity contribution is 6.13. The van der Waals surface area contributed by atoms with Crippen LogP contribution in [0.3, 0.4) is 0 Å². The molecule has 1 aliphatic rings. The maximum absolute atomic E-state index is 6.79. The van der Waals surface area contributed by atoms with Gasteiger partial charge in [0.15, 0.2) is 0 Å². The smallest absolute Gasteiger partial charge is 0.143 e. The number of fused-ring (bicyclic) bond motifs is 9. The van der Waals surface area contributed by atoms with Crippen LogP contribution in [0, 0.1) is 0 Å². The topological polar surface area (TPSA) is 18.1 Å². The van der Waals surface area contributed by atoms with Gasteiger partial charge in [0.1, 0.15) is 11.2 Å². The summed E-state index contributed by atoms with van der Waals surface area (Å²) in [5.41, 5.74) is 13.8. The maximum Gasteiger partial charge on any atom is 0.143 e. The third-order valence-electron chi connectivity index (χ3n) is 11.0. The third kappa shape index (κ3) is 4.73. The van der Waals surface area contributed by atoms with Crippen LogP contribution in [0.4, 0.5) is 0 Å². The lowest BCUT2D eigenvalue weighted by Crippen LogP contribution is -2.02. The largest absolute Gasteiger partial charge is 0.455 e. The zero-order valence-electron chi connectivity index (χ0n) is 29.0. The molecule has 0 spiro atoms. The molecule has 0 atom stereocenters. The van der Waals surface area contributed by atoms with Crippen LogP contribution >= 0.6 is 0 Å². The van der Waals surface area contributed by atoms with Gasteiger partial charge in [-0.2, -0.15) is 0 Å². The molecular weight excluding hydrogens is 643 g/mol. The van der Waals surface area contributed by atoms with Gasteiger partial charge in [-0.15, -0.1) is 0 Å². The van der Waals surface area contributed by atoms with Crippen molar-refractivity contribution in [2.24, 2.45) is 0 Å². The summed E-state index contributed by atoms with van der Waals surface area (Å²) >= 11 is 0. The summed E-state index contributed by atoms with van der Waals surface area (Å²) in [7, 11) is 0. The first-order valence-corrected chi connectivity index (χ1v) is 18.3. The molecule has 2 aromatic heterocycles. The minimum absolute atomic E-state index is 0.767. The van der Waals surface area contributed by atoms with Gasteiger partial charge >= 0.3 is 0 Å². The first-order chi connectivity index (χ1) is 26.3. The summed E-state index contributed by atoms with van der Waals surface area (Å²) in [4.78, 5) is 0. The molecule has 0 saturated carbocycles. The van der Waals surface area contributed by atoms with Crippen molar-refractivity contribution in [3.05, 3.63) is 199 Å². The van der Waals surface area contributed by atoms with Crippen LogP contribution in [0.1, 0.15) is 16.8 Å². The molecule has 248 valence electrons. The number of hydrogen-bond acceptors (Lipinski definition) is 1. The number of rotatable bonds is 4. The summed E-state index contributed by atoms with van der Waals surface area (Å²) in [6.07, 6.45) is 7.79. The molecule has 53 heavy (non-hydrogen) atoms. The summed E-state index contributed by atoms with van der Waals surface area (Å²) in [6, 6.07) is 61.2. The van der Waals surface area contributed by atoms with E-state index in [-0.39, 0.29) is 0 Å². The molecule has 0 fully saturated rings. The monoisotopic (exact) mass is 675 g/mol. The second-order valence-corrected chi connectivity index (χ2v) is 14.0. The highest BCUT2D eigenvalue weighted by Gasteiger charge is 2.22. The van der Waals surface area contributed by atoms with Gasteiger partial charge in [-0.25, -0.2) is 0 Å². The molecule has 2 heteroatoms. The van der Waals surface area contributed by atoms with Crippen molar-refractivity contribution in [2.45, 2.75) is 6.42 Å². The summed E-state index contributed by atoms with van der Waals surface area (Å²) < 4.78 is 9.30. The SMILES string of the molecule is C1=Cc2c(n(-c3cc4ccccc4c4ccccc34)c3ccccc23)CC=C1c1cc(-c2ccccc2)cc2c1oc1ccc(-c3ccccc3)cc12. The molecule has 8 aromatic carbocycles. The molecule has 0 bridgehead atoms. The van der Waals surface area contributed by atoms with Gasteiger partial charge in [0.05, 0.1) is 11.2 Å². The first-order valence-electron chi connectivity index (χ1n) is 18.3. The fourth-order valence-corrected chi connectivity index (χ4v) is 8.55. The Labute approximate surface area is 307 Å². The molecule has 0 N–H and O–H groups in total. The van der Waals surface area contributed by atoms with Crippen LogP contribution in [-0.4, -0.2) is 4.57 Å². The van der Waals surface area contributed by atoms with Crippen LogP contribution in [0.25, 0.3) is 94.0 Å². The van der Waals surface area contributed by atoms with Crippen molar-refractivity contribution in [1.29, 1.82) is 0 Å². The number of furan rings is 1. The van der Waals surface area contributed by atoms with Gasteiger partial charge in [0, 0.05) is 44.8 Å². The molecule has 11 rings (SSSR count). The molecule has 2 nitrogen and oxygen atoms in total. The summed E-state index contributed by atoms with van der Waals surface area (Å²) in [5, 5.41) is 8.56. The fourth-order valence-electron chi connectivity index (χ4n) is 8.55. The highest BCUT2D eigenvalue weighted by atomic mass is 16.3. The molecule has 0 radical (unpaired) electrons. The number of aromatic nitrogens is 1. The highest BCUT2D eigenvalue weighted by Crippen LogP contribution is 2.42. The Morgan fingerprint density at radius 2 is 1.11 bits per heavy atom. The lowest BCUT2D eigenvalue weighted by molar-refractivity contribution is 0.668. The van der Waals surface area contributed by atoms with Crippen molar-refractivity contribution in [1.82, 2.24) is 4.57 Å². The Kier molecular flexibility index (Phi) is 6.65. The van der Waals surface area contributed by atoms with E-state index in [2.05, 4.69) is 193 Å². The standard InChI is InChI=1S/C51H33NO/c1-3-13-33(14-4-1)36-25-28-50-45(29-36)46-31-38(34-15-5-2-6-16-34)30-44(51(46)53-50)35-23-26-43-42-21-11-12-22-47(42)52(48(43)27-24-35)49-32-37-17-7-8-18-39(37)40-19-9-10-20-41(40)49/h1-26,28-32H,27H2. The Hall–Kier alpha value is -6.90. The number of hydrogen-bond donors (Lipinski definition) is 0. The van der Waals surface area contributed by atoms with E-state index in [1.165, 1.54) is 71.6 Å². The normalized spacial score (nSPS) is 12.9. The molecule has 0 amide bonds. The molecular formula is C51H33NO. The average molecular weight is 676 g/mol. The number of nitrogens with zero attached hydrogens (tertiary/aromatic N) is 1. The minimum atomic E-state index is 0.767. The average Bonchev–Trinajstić information content (AvgIpc) is 3.66. The maximum atomic E-state index is 6.79. The molecule has 0 saturated heterocycles. The second kappa shape index (κ2) is 11.8. The first kappa shape index (κ1) is 29.8. The molecule has 0 unspecified atom stereocenters. The van der Waals surface area contributed by atoms with Crippen LogP contribution in [-0.2, 0) is 6.42 Å². The zero-order valence-corrected chi connectivity index (χ0v) is 29.0. The van der Waals surface area contributed by atoms with Crippen LogP contribution in [0.2, 0.25) is 0 Å². The molecule has 0 aliphatic heterocycles. The Balaban J connectivity index is 1.13. The van der Waals surface area contributed by atoms with Gasteiger partial charge < -0.3 is 8.98 Å². The van der Waals surface area contributed by atoms with Crippen LogP contribution in [0.15, 0.2) is 186 Å². The summed E-state index contributed by atoms with van der Waals surface area (Å²) in [6.45, 7) is 0. The lowest BCUT2D eigenvalue weighted by atomic mass is 9.94. The van der Waals surface area contributed by atoms with Crippen LogP contribution in [0.5, 0.6) is 0 Å². The lowest BCUT2D eigenvalue weighted by Gasteiger charge is -2.16. The van der Waals surface area contributed by atoms with Crippen molar-refractivity contribution >= 4 is 66.0 Å². The zero-order chi connectivity index (χ0) is 34.9. The predicted octanol–water partition coefficient (Wildman–Crippen LogP) is 13.8. The van der Waals surface area contributed by atoms with Crippen molar-refractivity contribution in [3.63, 3.8) is 0 Å². The third-order valence-corrected chi connectivity index (χ3v) is 11.0. The van der Waals surface area contributed by atoms with Crippen molar-refractivity contribution in [3.8, 4) is 27.9 Å². The minimum Gasteiger partial charge on any atom is -0.455 e. The number of allylic oxidation sites excluding steroid dienone is 3. The van der Waals surface area contributed by atoms with E-state index in [1.807, 2.05) is 0 Å². The van der Waals surface area contributed by atoms with Gasteiger partial charge in [-0.1, -0.05) is 152 Å². The van der Waals surface area contributed by atoms with Crippen molar-refractivity contribution in [2.75, 3.05) is 0 Å². The molecule has 2 heterocycles. The van der Waals surface area contributed by atoms with E-state index >= 15 is 0 Å². The number of benzene rings is 8. The van der Waals surface area contributed by atoms with E-state index in [4.69, 9.17) is 4.42 Å². The Morgan fingerprint density at radius 3 is 1.92 bits per heavy atom. The van der Waals surface area contributed by atoms with E-state index in [9.17, 15) is 0 Å². The van der Waals surface area contributed by atoms with E-state index in [0.29, 0.717) is 0 Å². The Morgan fingerprint density at radius 1 is 0.453 bits per heavy atom. The van der Waals surface area contributed by atoms with Crippen LogP contribution < -0.4 is 0 Å².